The molecule has 4 N–H and O–H groups in total. The molecule has 19 heavy (non-hydrogen) atoms. The third-order valence-corrected chi connectivity index (χ3v) is 1.96. The van der Waals surface area contributed by atoms with Crippen molar-refractivity contribution in [2.24, 2.45) is 0 Å². The Morgan fingerprint density at radius 1 is 0.737 bits per heavy atom. The predicted octanol–water partition coefficient (Wildman–Crippen LogP) is 0.451. The van der Waals surface area contributed by atoms with Crippen LogP contribution in [0.5, 0.6) is 11.5 Å². The van der Waals surface area contributed by atoms with E-state index in [0.29, 0.717) is 11.5 Å². The van der Waals surface area contributed by atoms with Crippen LogP contribution in [0, 0.1) is 0 Å². The zero-order valence-electron chi connectivity index (χ0n) is 9.32. The van der Waals surface area contributed by atoms with Crippen LogP contribution in [0.4, 0.5) is 0 Å². The zero-order valence-corrected chi connectivity index (χ0v) is 9.32. The van der Waals surface area contributed by atoms with Crippen LogP contribution in [0.3, 0.4) is 0 Å². The molecule has 0 aliphatic rings. The molecule has 2 aromatic carbocycles. The first-order valence-corrected chi connectivity index (χ1v) is 4.96. The third-order valence-electron chi connectivity index (χ3n) is 1.96. The zero-order chi connectivity index (χ0) is 11.2. The van der Waals surface area contributed by atoms with Gasteiger partial charge in [0.05, 0.1) is 8.41 Å². The van der Waals surface area contributed by atoms with E-state index in [1.165, 1.54) is 0 Å². The van der Waals surface area contributed by atoms with Crippen LogP contribution in [-0.2, 0) is 0 Å². The summed E-state index contributed by atoms with van der Waals surface area (Å²) < 4.78 is 10.3. The van der Waals surface area contributed by atoms with Crippen LogP contribution >= 0.6 is 0 Å². The first-order valence-electron chi connectivity index (χ1n) is 4.96. The fourth-order valence-electron chi connectivity index (χ4n) is 1.26. The van der Waals surface area contributed by atoms with Crippen LogP contribution in [0.25, 0.3) is 0 Å². The van der Waals surface area contributed by atoms with Gasteiger partial charge in [0.2, 0.25) is 0 Å². The molecule has 0 saturated carbocycles. The van der Waals surface area contributed by atoms with Gasteiger partial charge in [0.25, 0.3) is 0 Å². The van der Waals surface area contributed by atoms with Crippen LogP contribution in [0.15, 0.2) is 60.7 Å². The van der Waals surface area contributed by atoms with E-state index in [1.54, 1.807) is 24.3 Å². The molecule has 0 fully saturated rings. The van der Waals surface area contributed by atoms with Gasteiger partial charge in [-0.1, -0.05) is 36.4 Å². The molecule has 96 valence electrons. The second-order valence-electron chi connectivity index (χ2n) is 3.17. The molecule has 7 heteroatoms. The van der Waals surface area contributed by atoms with Gasteiger partial charge in [0.1, 0.15) is 11.5 Å². The summed E-state index contributed by atoms with van der Waals surface area (Å²) in [4.78, 5) is 0. The van der Waals surface area contributed by atoms with E-state index in [9.17, 15) is 5.02 Å². The van der Waals surface area contributed by atoms with Crippen molar-refractivity contribution in [1.29, 1.82) is 0 Å². The molecule has 4 nitrogen and oxygen atoms in total. The van der Waals surface area contributed by atoms with Crippen molar-refractivity contribution in [3.63, 3.8) is 0 Å². The number of hydrogen-bond acceptors (Lipinski definition) is 4. The van der Waals surface area contributed by atoms with E-state index in [2.05, 4.69) is 0 Å². The van der Waals surface area contributed by atoms with Crippen molar-refractivity contribution >= 4 is 45.3 Å². The molecule has 2 rings (SSSR count). The first kappa shape index (κ1) is 20.4. The summed E-state index contributed by atoms with van der Waals surface area (Å²) in [6.07, 6.45) is 0. The summed E-state index contributed by atoms with van der Waals surface area (Å²) in [7, 11) is -1.30. The van der Waals surface area contributed by atoms with E-state index >= 15 is 0 Å². The summed E-state index contributed by atoms with van der Waals surface area (Å²) in [6.45, 7) is 0. The molecule has 0 aliphatic heterocycles. The second kappa shape index (κ2) is 11.0. The van der Waals surface area contributed by atoms with Gasteiger partial charge < -0.3 is 20.5 Å². The van der Waals surface area contributed by atoms with Crippen molar-refractivity contribution in [3.05, 3.63) is 60.7 Å². The van der Waals surface area contributed by atoms with Gasteiger partial charge in [-0.05, 0) is 24.3 Å². The van der Waals surface area contributed by atoms with Gasteiger partial charge in [0, 0.05) is 0 Å². The number of hydrogen-bond donors (Lipinski definition) is 2. The molecule has 0 aliphatic carbocycles. The summed E-state index contributed by atoms with van der Waals surface area (Å²) in [5.41, 5.74) is 0. The molecule has 0 bridgehead atoms. The van der Waals surface area contributed by atoms with Gasteiger partial charge in [-0.15, -0.1) is 0 Å². The summed E-state index contributed by atoms with van der Waals surface area (Å²) in [5, 5.41) is 9.51. The molecule has 2 aromatic rings. The fraction of sp³-hybridized carbons (Fsp3) is 0. The fourth-order valence-corrected chi connectivity index (χ4v) is 1.26. The van der Waals surface area contributed by atoms with E-state index in [-0.39, 0.29) is 44.1 Å². The van der Waals surface area contributed by atoms with E-state index in [0.717, 1.165) is 0 Å². The van der Waals surface area contributed by atoms with Gasteiger partial charge in [-0.25, -0.2) is 0 Å². The Hall–Kier alpha value is -0.910. The Morgan fingerprint density at radius 3 is 1.37 bits per heavy atom. The van der Waals surface area contributed by atoms with Gasteiger partial charge in [0.15, 0.2) is 0 Å². The maximum atomic E-state index is 9.51. The van der Waals surface area contributed by atoms with Crippen molar-refractivity contribution in [3.8, 4) is 11.5 Å². The number of rotatable bonds is 4. The topological polar surface area (TPSA) is 73.7 Å². The Bertz CT molecular complexity index is 392. The van der Waals surface area contributed by atoms with Gasteiger partial charge in [-0.3, -0.25) is 0 Å². The maximum absolute atomic E-state index is 9.51. The van der Waals surface area contributed by atoms with Crippen LogP contribution in [0.2, 0.25) is 0 Å². The molecular formula is C12H18B2NNaO3. The third kappa shape index (κ3) is 7.30. The predicted molar refractivity (Wildman–Crippen MR) is 84.2 cm³/mol. The molecule has 0 unspecified atom stereocenters. The normalized spacial score (nSPS) is 8.05. The standard InChI is InChI=1S/C12H11BO3.BH3.H3N.Na.H/c14-13(15-11-7-3-1-4-8-11)16-12-9-5-2-6-10-12;;;;/h1-10,14H;2*1H3;;. The molecule has 0 spiro atoms. The Balaban J connectivity index is 0. The Labute approximate surface area is 137 Å². The first-order chi connectivity index (χ1) is 7.84. The van der Waals surface area contributed by atoms with Crippen LogP contribution < -0.4 is 15.5 Å². The minimum atomic E-state index is -1.30. The molecular weight excluding hydrogens is 251 g/mol. The van der Waals surface area contributed by atoms with Crippen LogP contribution in [-0.4, -0.2) is 50.3 Å². The average Bonchev–Trinajstić information content (AvgIpc) is 2.31. The molecule has 0 saturated heterocycles. The number of para-hydroxylation sites is 2. The van der Waals surface area contributed by atoms with E-state index in [4.69, 9.17) is 9.31 Å². The Kier molecular flexibility index (Phi) is 11.8. The molecule has 0 atom stereocenters. The van der Waals surface area contributed by atoms with Gasteiger partial charge in [-0.2, -0.15) is 0 Å². The van der Waals surface area contributed by atoms with E-state index < -0.39 is 7.32 Å². The van der Waals surface area contributed by atoms with Gasteiger partial charge >= 0.3 is 36.9 Å². The van der Waals surface area contributed by atoms with Crippen LogP contribution in [0.1, 0.15) is 0 Å². The second-order valence-corrected chi connectivity index (χ2v) is 3.17. The average molecular weight is 269 g/mol. The summed E-state index contributed by atoms with van der Waals surface area (Å²) >= 11 is 0. The number of benzene rings is 2. The van der Waals surface area contributed by atoms with Crippen molar-refractivity contribution in [2.75, 3.05) is 0 Å². The van der Waals surface area contributed by atoms with Crippen molar-refractivity contribution < 1.29 is 14.3 Å². The molecule has 0 radical (unpaired) electrons. The summed E-state index contributed by atoms with van der Waals surface area (Å²) in [6, 6.07) is 18.0. The SMILES string of the molecule is B.N.OB(Oc1ccccc1)Oc1ccccc1.[NaH]. The van der Waals surface area contributed by atoms with Crippen molar-refractivity contribution in [2.45, 2.75) is 0 Å². The van der Waals surface area contributed by atoms with E-state index in [1.807, 2.05) is 36.4 Å². The molecule has 0 amide bonds. The minimum absolute atomic E-state index is 0. The molecule has 0 aromatic heterocycles. The Morgan fingerprint density at radius 2 is 1.05 bits per heavy atom. The van der Waals surface area contributed by atoms with Crippen molar-refractivity contribution in [1.82, 2.24) is 6.15 Å². The monoisotopic (exact) mass is 269 g/mol. The summed E-state index contributed by atoms with van der Waals surface area (Å²) in [5.74, 6) is 1.12. The quantitative estimate of drug-likeness (QED) is 0.790. The molecule has 0 heterocycles.